The first-order chi connectivity index (χ1) is 15.1. The number of anilines is 1. The predicted molar refractivity (Wildman–Crippen MR) is 125 cm³/mol. The van der Waals surface area contributed by atoms with E-state index in [0.29, 0.717) is 17.8 Å². The van der Waals surface area contributed by atoms with Gasteiger partial charge in [0.15, 0.2) is 0 Å². The average Bonchev–Trinajstić information content (AvgIpc) is 3.21. The minimum Gasteiger partial charge on any atom is -0.284 e. The molecule has 1 N–H and O–H groups in total. The number of aryl methyl sites for hydroxylation is 1. The van der Waals surface area contributed by atoms with Crippen LogP contribution in [0.4, 0.5) is 5.69 Å². The minimum atomic E-state index is -3.87. The maximum Gasteiger partial charge on any atom is 0.279 e. The van der Waals surface area contributed by atoms with Crippen LogP contribution in [0.2, 0.25) is 0 Å². The Morgan fingerprint density at radius 1 is 0.875 bits per heavy atom. The van der Waals surface area contributed by atoms with Gasteiger partial charge in [-0.2, -0.15) is 17.9 Å². The lowest BCUT2D eigenvalue weighted by Gasteiger charge is -2.23. The molecule has 0 amide bonds. The van der Waals surface area contributed by atoms with Gasteiger partial charge in [0, 0.05) is 12.1 Å². The largest absolute Gasteiger partial charge is 0.284 e. The molecule has 1 unspecified atom stereocenters. The topological polar surface area (TPSA) is 95.9 Å². The number of hydrogen-bond acceptors (Lipinski definition) is 5. The van der Waals surface area contributed by atoms with Gasteiger partial charge in [0.05, 0.1) is 22.9 Å². The fourth-order valence-electron chi connectivity index (χ4n) is 3.57. The highest BCUT2D eigenvalue weighted by Gasteiger charge is 2.37. The molecule has 7 nitrogen and oxygen atoms in total. The highest BCUT2D eigenvalue weighted by atomic mass is 32.2. The highest BCUT2D eigenvalue weighted by Crippen LogP contribution is 2.37. The van der Waals surface area contributed by atoms with Crippen LogP contribution in [0.3, 0.4) is 0 Å². The summed E-state index contributed by atoms with van der Waals surface area (Å²) in [7, 11) is -7.26. The van der Waals surface area contributed by atoms with Gasteiger partial charge < -0.3 is 0 Å². The monoisotopic (exact) mass is 469 g/mol. The Labute approximate surface area is 188 Å². The fraction of sp³-hybridized carbons (Fsp3) is 0.174. The molecule has 1 aliphatic heterocycles. The molecule has 0 saturated heterocycles. The molecule has 0 bridgehead atoms. The number of nitrogens with zero attached hydrogens (tertiary/aromatic N) is 2. The number of sulfonamides is 2. The Morgan fingerprint density at radius 2 is 1.50 bits per heavy atom. The van der Waals surface area contributed by atoms with E-state index in [2.05, 4.69) is 9.82 Å². The molecule has 1 aliphatic rings. The third-order valence-corrected chi connectivity index (χ3v) is 7.45. The molecule has 0 aliphatic carbocycles. The van der Waals surface area contributed by atoms with Gasteiger partial charge in [0.25, 0.3) is 10.0 Å². The lowest BCUT2D eigenvalue weighted by molar-refractivity contribution is 0.371. The summed E-state index contributed by atoms with van der Waals surface area (Å²) < 4.78 is 53.4. The Kier molecular flexibility index (Phi) is 5.79. The van der Waals surface area contributed by atoms with Crippen LogP contribution in [-0.4, -0.2) is 33.2 Å². The van der Waals surface area contributed by atoms with E-state index in [1.165, 1.54) is 4.41 Å². The van der Waals surface area contributed by atoms with E-state index in [9.17, 15) is 16.8 Å². The smallest absolute Gasteiger partial charge is 0.279 e. The quantitative estimate of drug-likeness (QED) is 0.592. The second kappa shape index (κ2) is 8.40. The van der Waals surface area contributed by atoms with Crippen molar-refractivity contribution in [3.05, 3.63) is 95.6 Å². The van der Waals surface area contributed by atoms with Gasteiger partial charge in [-0.3, -0.25) is 4.72 Å². The molecule has 1 heterocycles. The van der Waals surface area contributed by atoms with E-state index < -0.39 is 26.1 Å². The van der Waals surface area contributed by atoms with Crippen molar-refractivity contribution in [1.82, 2.24) is 4.41 Å². The normalized spacial score (nSPS) is 16.6. The van der Waals surface area contributed by atoms with Gasteiger partial charge >= 0.3 is 0 Å². The maximum absolute atomic E-state index is 13.5. The average molecular weight is 470 g/mol. The number of nitrogens with one attached hydrogen (secondary N) is 1. The van der Waals surface area contributed by atoms with Gasteiger partial charge in [-0.05, 0) is 42.3 Å². The summed E-state index contributed by atoms with van der Waals surface area (Å²) in [4.78, 5) is 0.182. The third kappa shape index (κ3) is 4.68. The van der Waals surface area contributed by atoms with Crippen LogP contribution >= 0.6 is 0 Å². The van der Waals surface area contributed by atoms with E-state index in [0.717, 1.165) is 22.9 Å². The van der Waals surface area contributed by atoms with Crippen LogP contribution < -0.4 is 4.72 Å². The van der Waals surface area contributed by atoms with E-state index in [1.54, 1.807) is 48.5 Å². The zero-order valence-electron chi connectivity index (χ0n) is 17.6. The van der Waals surface area contributed by atoms with Gasteiger partial charge in [-0.15, -0.1) is 0 Å². The van der Waals surface area contributed by atoms with Crippen molar-refractivity contribution >= 4 is 31.4 Å². The Balaban J connectivity index is 1.72. The van der Waals surface area contributed by atoms with Crippen molar-refractivity contribution in [1.29, 1.82) is 0 Å². The maximum atomic E-state index is 13.5. The summed E-state index contributed by atoms with van der Waals surface area (Å²) in [5.74, 6) is 0. The van der Waals surface area contributed by atoms with Crippen LogP contribution in [0.25, 0.3) is 0 Å². The number of rotatable bonds is 6. The molecule has 0 aromatic heterocycles. The SMILES string of the molecule is Cc1ccc(S(=O)(=O)N2N=C(c3ccc(NS(C)(=O)=O)cc3)CC2c2ccccc2)cc1. The Bertz CT molecular complexity index is 1350. The summed E-state index contributed by atoms with van der Waals surface area (Å²) in [6.07, 6.45) is 1.48. The minimum absolute atomic E-state index is 0.182. The first kappa shape index (κ1) is 22.0. The van der Waals surface area contributed by atoms with Gasteiger partial charge in [0.2, 0.25) is 10.0 Å². The summed E-state index contributed by atoms with van der Waals surface area (Å²) in [6.45, 7) is 1.90. The van der Waals surface area contributed by atoms with E-state index in [4.69, 9.17) is 0 Å². The van der Waals surface area contributed by atoms with Crippen molar-refractivity contribution < 1.29 is 16.8 Å². The zero-order valence-corrected chi connectivity index (χ0v) is 19.3. The summed E-state index contributed by atoms with van der Waals surface area (Å²) in [5, 5.41) is 4.51. The zero-order chi connectivity index (χ0) is 22.9. The van der Waals surface area contributed by atoms with Crippen LogP contribution in [0.5, 0.6) is 0 Å². The second-order valence-corrected chi connectivity index (χ2v) is 11.3. The molecule has 166 valence electrons. The van der Waals surface area contributed by atoms with Gasteiger partial charge in [-0.25, -0.2) is 8.42 Å². The second-order valence-electron chi connectivity index (χ2n) is 7.72. The molecule has 3 aromatic rings. The molecule has 3 aromatic carbocycles. The first-order valence-electron chi connectivity index (χ1n) is 9.95. The van der Waals surface area contributed by atoms with Crippen LogP contribution in [0, 0.1) is 6.92 Å². The van der Waals surface area contributed by atoms with Crippen LogP contribution in [-0.2, 0) is 20.0 Å². The van der Waals surface area contributed by atoms with Crippen molar-refractivity contribution in [2.45, 2.75) is 24.3 Å². The van der Waals surface area contributed by atoms with E-state index >= 15 is 0 Å². The molecule has 0 spiro atoms. The highest BCUT2D eigenvalue weighted by molar-refractivity contribution is 7.92. The van der Waals surface area contributed by atoms with Crippen molar-refractivity contribution in [2.24, 2.45) is 5.10 Å². The Morgan fingerprint density at radius 3 is 2.09 bits per heavy atom. The number of hydrogen-bond donors (Lipinski definition) is 1. The molecular weight excluding hydrogens is 446 g/mol. The standard InChI is InChI=1S/C23H23N3O4S2/c1-17-8-14-21(15-9-17)32(29,30)26-23(19-6-4-3-5-7-19)16-22(24-26)18-10-12-20(13-11-18)25-31(2,27)28/h3-15,23,25H,16H2,1-2H3. The molecular formula is C23H23N3O4S2. The molecule has 9 heteroatoms. The van der Waals surface area contributed by atoms with Crippen LogP contribution in [0.15, 0.2) is 88.9 Å². The fourth-order valence-corrected chi connectivity index (χ4v) is 5.57. The summed E-state index contributed by atoms with van der Waals surface area (Å²) in [5.41, 5.74) is 3.58. The van der Waals surface area contributed by atoms with Gasteiger partial charge in [0.1, 0.15) is 0 Å². The molecule has 1 atom stereocenters. The lowest BCUT2D eigenvalue weighted by atomic mass is 9.99. The van der Waals surface area contributed by atoms with Crippen molar-refractivity contribution in [3.8, 4) is 0 Å². The third-order valence-electron chi connectivity index (χ3n) is 5.14. The van der Waals surface area contributed by atoms with Crippen molar-refractivity contribution in [3.63, 3.8) is 0 Å². The molecule has 0 fully saturated rings. The predicted octanol–water partition coefficient (Wildman–Crippen LogP) is 3.91. The van der Waals surface area contributed by atoms with E-state index in [-0.39, 0.29) is 4.90 Å². The lowest BCUT2D eigenvalue weighted by Crippen LogP contribution is -2.27. The molecule has 0 radical (unpaired) electrons. The molecule has 32 heavy (non-hydrogen) atoms. The van der Waals surface area contributed by atoms with Gasteiger partial charge in [-0.1, -0.05) is 60.2 Å². The van der Waals surface area contributed by atoms with Crippen molar-refractivity contribution in [2.75, 3.05) is 11.0 Å². The summed E-state index contributed by atoms with van der Waals surface area (Å²) >= 11 is 0. The van der Waals surface area contributed by atoms with E-state index in [1.807, 2.05) is 37.3 Å². The number of benzene rings is 3. The first-order valence-corrected chi connectivity index (χ1v) is 13.3. The number of hydrazone groups is 1. The molecule has 0 saturated carbocycles. The Hall–Kier alpha value is -3.17. The van der Waals surface area contributed by atoms with Crippen LogP contribution in [0.1, 0.15) is 29.2 Å². The summed E-state index contributed by atoms with van der Waals surface area (Å²) in [6, 6.07) is 22.4. The molecule has 4 rings (SSSR count).